The molecule has 0 bridgehead atoms. The molecule has 2 rings (SSSR count). The largest absolute Gasteiger partial charge is 0.385 e. The molecule has 0 saturated heterocycles. The molecule has 1 saturated carbocycles. The molecule has 0 atom stereocenters. The van der Waals surface area contributed by atoms with E-state index in [1.807, 2.05) is 6.07 Å². The SMILES string of the molecule is Cc1ccc(NCC2CCC(NS(=O)(=O)C(C)(C)C)CC2)cc1F. The molecule has 0 unspecified atom stereocenters. The average Bonchev–Trinajstić information content (AvgIpc) is 2.48. The van der Waals surface area contributed by atoms with E-state index < -0.39 is 14.8 Å². The Morgan fingerprint density at radius 1 is 1.17 bits per heavy atom. The van der Waals surface area contributed by atoms with Crippen molar-refractivity contribution >= 4 is 15.7 Å². The summed E-state index contributed by atoms with van der Waals surface area (Å²) in [7, 11) is -3.29. The molecule has 4 nitrogen and oxygen atoms in total. The predicted octanol–water partition coefficient (Wildman–Crippen LogP) is 3.82. The van der Waals surface area contributed by atoms with Crippen LogP contribution in [-0.2, 0) is 10.0 Å². The van der Waals surface area contributed by atoms with Gasteiger partial charge in [-0.1, -0.05) is 6.07 Å². The van der Waals surface area contributed by atoms with Crippen LogP contribution in [0.1, 0.15) is 52.0 Å². The van der Waals surface area contributed by atoms with Crippen molar-refractivity contribution < 1.29 is 12.8 Å². The molecule has 2 N–H and O–H groups in total. The third kappa shape index (κ3) is 4.93. The lowest BCUT2D eigenvalue weighted by Crippen LogP contribution is -2.46. The van der Waals surface area contributed by atoms with Gasteiger partial charge in [0.1, 0.15) is 5.82 Å². The zero-order chi connectivity index (χ0) is 18.0. The van der Waals surface area contributed by atoms with E-state index in [1.165, 1.54) is 6.07 Å². The smallest absolute Gasteiger partial charge is 0.216 e. The Morgan fingerprint density at radius 3 is 2.33 bits per heavy atom. The summed E-state index contributed by atoms with van der Waals surface area (Å²) in [6.07, 6.45) is 3.64. The predicted molar refractivity (Wildman–Crippen MR) is 97.2 cm³/mol. The Hall–Kier alpha value is -1.14. The van der Waals surface area contributed by atoms with E-state index in [4.69, 9.17) is 0 Å². The van der Waals surface area contributed by atoms with Crippen LogP contribution in [0.2, 0.25) is 0 Å². The van der Waals surface area contributed by atoms with Gasteiger partial charge in [-0.3, -0.25) is 0 Å². The maximum Gasteiger partial charge on any atom is 0.216 e. The van der Waals surface area contributed by atoms with Gasteiger partial charge in [0.15, 0.2) is 0 Å². The quantitative estimate of drug-likeness (QED) is 0.843. The lowest BCUT2D eigenvalue weighted by Gasteiger charge is -2.31. The summed E-state index contributed by atoms with van der Waals surface area (Å²) in [5, 5.41) is 3.29. The van der Waals surface area contributed by atoms with Crippen molar-refractivity contribution in [3.8, 4) is 0 Å². The van der Waals surface area contributed by atoms with Crippen molar-refractivity contribution in [3.05, 3.63) is 29.6 Å². The second-order valence-corrected chi connectivity index (χ2v) is 10.3. The molecule has 1 aromatic rings. The summed E-state index contributed by atoms with van der Waals surface area (Å²) in [6, 6.07) is 5.22. The molecule has 0 aromatic heterocycles. The fourth-order valence-electron chi connectivity index (χ4n) is 2.85. The van der Waals surface area contributed by atoms with Crippen molar-refractivity contribution in [1.29, 1.82) is 0 Å². The number of anilines is 1. The minimum Gasteiger partial charge on any atom is -0.385 e. The highest BCUT2D eigenvalue weighted by Gasteiger charge is 2.32. The van der Waals surface area contributed by atoms with Gasteiger partial charge in [0.05, 0.1) is 4.75 Å². The van der Waals surface area contributed by atoms with Crippen LogP contribution in [0.5, 0.6) is 0 Å². The molecule has 1 aliphatic carbocycles. The van der Waals surface area contributed by atoms with Crippen LogP contribution < -0.4 is 10.0 Å². The first kappa shape index (κ1) is 19.2. The van der Waals surface area contributed by atoms with Gasteiger partial charge in [-0.25, -0.2) is 17.5 Å². The van der Waals surface area contributed by atoms with Crippen LogP contribution in [0.15, 0.2) is 18.2 Å². The molecule has 6 heteroatoms. The van der Waals surface area contributed by atoms with Gasteiger partial charge in [0, 0.05) is 18.3 Å². The van der Waals surface area contributed by atoms with E-state index in [0.29, 0.717) is 11.5 Å². The van der Waals surface area contributed by atoms with Crippen LogP contribution in [0.4, 0.5) is 10.1 Å². The van der Waals surface area contributed by atoms with Crippen LogP contribution >= 0.6 is 0 Å². The number of nitrogens with one attached hydrogen (secondary N) is 2. The number of hydrogen-bond acceptors (Lipinski definition) is 3. The van der Waals surface area contributed by atoms with Gasteiger partial charge >= 0.3 is 0 Å². The molecule has 0 radical (unpaired) electrons. The number of hydrogen-bond donors (Lipinski definition) is 2. The van der Waals surface area contributed by atoms with E-state index in [0.717, 1.165) is 37.9 Å². The first-order valence-corrected chi connectivity index (χ1v) is 10.1. The molecule has 1 aliphatic rings. The number of aryl methyl sites for hydroxylation is 1. The number of halogens is 1. The zero-order valence-electron chi connectivity index (χ0n) is 15.0. The molecule has 1 fully saturated rings. The Kier molecular flexibility index (Phi) is 5.91. The molecule has 0 amide bonds. The molecular weight excluding hydrogens is 327 g/mol. The minimum atomic E-state index is -3.29. The van der Waals surface area contributed by atoms with Crippen molar-refractivity contribution in [2.24, 2.45) is 5.92 Å². The van der Waals surface area contributed by atoms with Gasteiger partial charge in [-0.15, -0.1) is 0 Å². The van der Waals surface area contributed by atoms with Crippen LogP contribution in [-0.4, -0.2) is 25.8 Å². The summed E-state index contributed by atoms with van der Waals surface area (Å²) >= 11 is 0. The number of sulfonamides is 1. The summed E-state index contributed by atoms with van der Waals surface area (Å²) in [4.78, 5) is 0. The minimum absolute atomic E-state index is 0.0299. The molecular formula is C18H29FN2O2S. The van der Waals surface area contributed by atoms with Crippen molar-refractivity contribution in [1.82, 2.24) is 4.72 Å². The molecule has 1 aromatic carbocycles. The fourth-order valence-corrected chi connectivity index (χ4v) is 3.87. The standard InChI is InChI=1S/C18H29FN2O2S/c1-13-5-8-16(11-17(13)19)20-12-14-6-9-15(10-7-14)21-24(22,23)18(2,3)4/h5,8,11,14-15,20-21H,6-7,9-10,12H2,1-4H3. The third-order valence-electron chi connectivity index (χ3n) is 4.74. The summed E-state index contributed by atoms with van der Waals surface area (Å²) in [5.74, 6) is 0.296. The highest BCUT2D eigenvalue weighted by Crippen LogP contribution is 2.27. The van der Waals surface area contributed by atoms with Gasteiger partial charge in [0.2, 0.25) is 10.0 Å². The molecule has 0 aliphatic heterocycles. The molecule has 0 spiro atoms. The Bertz CT molecular complexity index is 660. The van der Waals surface area contributed by atoms with Crippen LogP contribution in [0.3, 0.4) is 0 Å². The topological polar surface area (TPSA) is 58.2 Å². The van der Waals surface area contributed by atoms with Crippen molar-refractivity contribution in [2.45, 2.75) is 64.2 Å². The van der Waals surface area contributed by atoms with E-state index >= 15 is 0 Å². The number of benzene rings is 1. The second kappa shape index (κ2) is 7.40. The second-order valence-electron chi connectivity index (χ2n) is 7.80. The monoisotopic (exact) mass is 356 g/mol. The van der Waals surface area contributed by atoms with Gasteiger partial charge < -0.3 is 5.32 Å². The van der Waals surface area contributed by atoms with E-state index in [9.17, 15) is 12.8 Å². The Labute approximate surface area is 145 Å². The maximum absolute atomic E-state index is 13.5. The number of rotatable bonds is 5. The van der Waals surface area contributed by atoms with E-state index in [1.54, 1.807) is 33.8 Å². The summed E-state index contributed by atoms with van der Waals surface area (Å²) in [6.45, 7) is 7.68. The Balaban J connectivity index is 1.80. The fraction of sp³-hybridized carbons (Fsp3) is 0.667. The molecule has 0 heterocycles. The van der Waals surface area contributed by atoms with E-state index in [-0.39, 0.29) is 11.9 Å². The third-order valence-corrected chi connectivity index (χ3v) is 7.00. The van der Waals surface area contributed by atoms with Gasteiger partial charge in [-0.05, 0) is 77.0 Å². The first-order valence-electron chi connectivity index (χ1n) is 8.60. The van der Waals surface area contributed by atoms with Gasteiger partial charge in [0.25, 0.3) is 0 Å². The van der Waals surface area contributed by atoms with Gasteiger partial charge in [-0.2, -0.15) is 0 Å². The van der Waals surface area contributed by atoms with E-state index in [2.05, 4.69) is 10.0 Å². The highest BCUT2D eigenvalue weighted by atomic mass is 32.2. The van der Waals surface area contributed by atoms with Crippen LogP contribution in [0.25, 0.3) is 0 Å². The molecule has 24 heavy (non-hydrogen) atoms. The van der Waals surface area contributed by atoms with Crippen LogP contribution in [0, 0.1) is 18.7 Å². The normalized spacial score (nSPS) is 22.4. The highest BCUT2D eigenvalue weighted by molar-refractivity contribution is 7.90. The lowest BCUT2D eigenvalue weighted by atomic mass is 9.86. The maximum atomic E-state index is 13.5. The summed E-state index contributed by atoms with van der Waals surface area (Å²) < 4.78 is 40.0. The first-order chi connectivity index (χ1) is 11.1. The van der Waals surface area contributed by atoms with Crippen molar-refractivity contribution in [3.63, 3.8) is 0 Å². The van der Waals surface area contributed by atoms with Crippen molar-refractivity contribution in [2.75, 3.05) is 11.9 Å². The molecule has 136 valence electrons. The lowest BCUT2D eigenvalue weighted by molar-refractivity contribution is 0.322. The zero-order valence-corrected chi connectivity index (χ0v) is 15.8. The Morgan fingerprint density at radius 2 is 1.79 bits per heavy atom. The summed E-state index contributed by atoms with van der Waals surface area (Å²) in [5.41, 5.74) is 1.45. The average molecular weight is 357 g/mol.